The second kappa shape index (κ2) is 10.6. The number of hydrogen-bond donors (Lipinski definition) is 1. The van der Waals surface area contributed by atoms with Crippen molar-refractivity contribution in [2.45, 2.75) is 32.7 Å². The Balaban J connectivity index is 1.24. The molecule has 5 rings (SSSR count). The number of aliphatic carboxylic acids is 1. The first-order valence-electron chi connectivity index (χ1n) is 12.3. The highest BCUT2D eigenvalue weighted by molar-refractivity contribution is 5.87. The number of carbonyl (C=O) groups is 1. The minimum Gasteiger partial charge on any atom is -0.493 e. The van der Waals surface area contributed by atoms with Crippen LogP contribution in [0.25, 0.3) is 33.2 Å². The summed E-state index contributed by atoms with van der Waals surface area (Å²) in [6.45, 7) is 3.10. The van der Waals surface area contributed by atoms with Gasteiger partial charge >= 0.3 is 5.97 Å². The summed E-state index contributed by atoms with van der Waals surface area (Å²) in [4.78, 5) is 11.1. The van der Waals surface area contributed by atoms with E-state index in [9.17, 15) is 4.79 Å². The molecule has 0 fully saturated rings. The minimum absolute atomic E-state index is 0.0757. The molecule has 0 bridgehead atoms. The molecule has 0 spiro atoms. The second-order valence-electron chi connectivity index (χ2n) is 8.80. The van der Waals surface area contributed by atoms with E-state index in [-0.39, 0.29) is 6.54 Å². The fourth-order valence-corrected chi connectivity index (χ4v) is 4.49. The molecule has 0 aliphatic heterocycles. The third-order valence-electron chi connectivity index (χ3n) is 6.16. The maximum Gasteiger partial charge on any atom is 0.323 e. The fourth-order valence-electron chi connectivity index (χ4n) is 4.49. The number of carboxylic acid groups (broad SMARTS) is 1. The molecule has 184 valence electrons. The lowest BCUT2D eigenvalue weighted by Crippen LogP contribution is -2.07. The Bertz CT molecular complexity index is 1480. The van der Waals surface area contributed by atoms with Crippen LogP contribution in [0, 0.1) is 0 Å². The molecule has 0 atom stereocenters. The first-order chi connectivity index (χ1) is 17.6. The maximum absolute atomic E-state index is 11.1. The van der Waals surface area contributed by atoms with Crippen LogP contribution >= 0.6 is 0 Å². The van der Waals surface area contributed by atoms with E-state index in [1.54, 1.807) is 10.8 Å². The van der Waals surface area contributed by atoms with Crippen LogP contribution in [0.1, 0.15) is 25.3 Å². The van der Waals surface area contributed by atoms with Gasteiger partial charge in [-0.25, -0.2) is 0 Å². The summed E-state index contributed by atoms with van der Waals surface area (Å²) >= 11 is 0. The number of aromatic nitrogens is 1. The van der Waals surface area contributed by atoms with Crippen molar-refractivity contribution in [3.8, 4) is 22.8 Å². The molecule has 0 aliphatic carbocycles. The van der Waals surface area contributed by atoms with Crippen LogP contribution in [0.15, 0.2) is 83.4 Å². The van der Waals surface area contributed by atoms with E-state index in [0.717, 1.165) is 57.5 Å². The van der Waals surface area contributed by atoms with Crippen LogP contribution in [0.3, 0.4) is 0 Å². The van der Waals surface area contributed by atoms with E-state index >= 15 is 0 Å². The third-order valence-corrected chi connectivity index (χ3v) is 6.16. The van der Waals surface area contributed by atoms with E-state index in [2.05, 4.69) is 19.1 Å². The van der Waals surface area contributed by atoms with Crippen molar-refractivity contribution in [3.63, 3.8) is 0 Å². The molecule has 1 N–H and O–H groups in total. The first-order valence-corrected chi connectivity index (χ1v) is 12.3. The van der Waals surface area contributed by atoms with Gasteiger partial charge in [-0.05, 0) is 42.3 Å². The summed E-state index contributed by atoms with van der Waals surface area (Å²) in [5, 5.41) is 11.1. The minimum atomic E-state index is -0.873. The molecule has 5 aromatic rings. The Morgan fingerprint density at radius 1 is 0.944 bits per heavy atom. The number of hydrogen-bond acceptors (Lipinski definition) is 4. The fraction of sp³-hybridized carbons (Fsp3) is 0.233. The molecule has 0 aliphatic rings. The standard InChI is InChI=1S/C30H29NO5/c1-2-8-22-17-23-18-28(21-9-4-3-5-10-21)36-29(23)19-27(22)35-16-7-15-34-26-12-6-11-25-24(26)13-14-31(25)20-30(32)33/h3-6,9-14,17-19H,2,7-8,15-16,20H2,1H3,(H,32,33). The Morgan fingerprint density at radius 3 is 2.53 bits per heavy atom. The van der Waals surface area contributed by atoms with Gasteiger partial charge in [-0.1, -0.05) is 49.7 Å². The van der Waals surface area contributed by atoms with Gasteiger partial charge in [0, 0.05) is 35.0 Å². The second-order valence-corrected chi connectivity index (χ2v) is 8.80. The van der Waals surface area contributed by atoms with Crippen LogP contribution in [0.2, 0.25) is 0 Å². The van der Waals surface area contributed by atoms with E-state index in [1.807, 2.05) is 60.7 Å². The molecule has 0 unspecified atom stereocenters. The molecular weight excluding hydrogens is 454 g/mol. The van der Waals surface area contributed by atoms with Gasteiger partial charge in [0.1, 0.15) is 29.4 Å². The van der Waals surface area contributed by atoms with Crippen molar-refractivity contribution in [1.82, 2.24) is 4.57 Å². The SMILES string of the molecule is CCCc1cc2cc(-c3ccccc3)oc2cc1OCCCOc1cccc2c1ccn2CC(=O)O. The predicted octanol–water partition coefficient (Wildman–Crippen LogP) is 6.94. The Labute approximate surface area is 209 Å². The highest BCUT2D eigenvalue weighted by atomic mass is 16.5. The number of ether oxygens (including phenoxy) is 2. The van der Waals surface area contributed by atoms with Gasteiger partial charge in [0.05, 0.1) is 18.7 Å². The molecule has 0 amide bonds. The zero-order chi connectivity index (χ0) is 24.9. The molecule has 3 aromatic carbocycles. The van der Waals surface area contributed by atoms with Crippen molar-refractivity contribution in [2.75, 3.05) is 13.2 Å². The smallest absolute Gasteiger partial charge is 0.323 e. The highest BCUT2D eigenvalue weighted by Gasteiger charge is 2.12. The molecule has 36 heavy (non-hydrogen) atoms. The quantitative estimate of drug-likeness (QED) is 0.206. The van der Waals surface area contributed by atoms with Gasteiger partial charge in [0.25, 0.3) is 0 Å². The van der Waals surface area contributed by atoms with Crippen molar-refractivity contribution in [2.24, 2.45) is 0 Å². The monoisotopic (exact) mass is 483 g/mol. The van der Waals surface area contributed by atoms with Crippen molar-refractivity contribution >= 4 is 27.8 Å². The Kier molecular flexibility index (Phi) is 6.94. The number of furan rings is 1. The van der Waals surface area contributed by atoms with Crippen LogP contribution in [0.4, 0.5) is 0 Å². The molecule has 2 heterocycles. The molecule has 6 heteroatoms. The topological polar surface area (TPSA) is 73.8 Å². The van der Waals surface area contributed by atoms with E-state index in [4.69, 9.17) is 19.0 Å². The summed E-state index contributed by atoms with van der Waals surface area (Å²) in [7, 11) is 0. The zero-order valence-electron chi connectivity index (χ0n) is 20.3. The van der Waals surface area contributed by atoms with Crippen molar-refractivity contribution in [1.29, 1.82) is 0 Å². The van der Waals surface area contributed by atoms with E-state index in [0.29, 0.717) is 19.6 Å². The van der Waals surface area contributed by atoms with Gasteiger partial charge in [0.2, 0.25) is 0 Å². The molecule has 2 aromatic heterocycles. The van der Waals surface area contributed by atoms with Crippen molar-refractivity contribution < 1.29 is 23.8 Å². The van der Waals surface area contributed by atoms with E-state index in [1.165, 1.54) is 5.56 Å². The first kappa shape index (κ1) is 23.5. The number of rotatable bonds is 11. The van der Waals surface area contributed by atoms with Gasteiger partial charge in [-0.15, -0.1) is 0 Å². The summed E-state index contributed by atoms with van der Waals surface area (Å²) in [6, 6.07) is 23.9. The normalized spacial score (nSPS) is 11.2. The summed E-state index contributed by atoms with van der Waals surface area (Å²) in [6.07, 6.45) is 4.45. The number of aryl methyl sites for hydroxylation is 1. The zero-order valence-corrected chi connectivity index (χ0v) is 20.3. The average Bonchev–Trinajstić information content (AvgIpc) is 3.48. The number of fused-ring (bicyclic) bond motifs is 2. The molecule has 0 saturated carbocycles. The van der Waals surface area contributed by atoms with Gasteiger partial charge in [-0.3, -0.25) is 4.79 Å². The van der Waals surface area contributed by atoms with Gasteiger partial charge in [-0.2, -0.15) is 0 Å². The number of nitrogens with zero attached hydrogens (tertiary/aromatic N) is 1. The Morgan fingerprint density at radius 2 is 1.75 bits per heavy atom. The van der Waals surface area contributed by atoms with Crippen LogP contribution in [0.5, 0.6) is 11.5 Å². The van der Waals surface area contributed by atoms with Crippen LogP contribution in [-0.4, -0.2) is 28.9 Å². The maximum atomic E-state index is 11.1. The van der Waals surface area contributed by atoms with Crippen LogP contribution < -0.4 is 9.47 Å². The lowest BCUT2D eigenvalue weighted by atomic mass is 10.1. The molecule has 0 saturated heterocycles. The lowest BCUT2D eigenvalue weighted by Gasteiger charge is -2.12. The van der Waals surface area contributed by atoms with E-state index < -0.39 is 5.97 Å². The molecule has 0 radical (unpaired) electrons. The Hall–Kier alpha value is -4.19. The van der Waals surface area contributed by atoms with Gasteiger partial charge in [0.15, 0.2) is 0 Å². The summed E-state index contributed by atoms with van der Waals surface area (Å²) in [5.41, 5.74) is 3.89. The number of benzene rings is 3. The highest BCUT2D eigenvalue weighted by Crippen LogP contribution is 2.33. The van der Waals surface area contributed by atoms with Gasteiger partial charge < -0.3 is 23.6 Å². The largest absolute Gasteiger partial charge is 0.493 e. The molecule has 6 nitrogen and oxygen atoms in total. The summed E-state index contributed by atoms with van der Waals surface area (Å²) < 4.78 is 20.0. The predicted molar refractivity (Wildman–Crippen MR) is 141 cm³/mol. The third kappa shape index (κ3) is 5.08. The molecular formula is C30H29NO5. The lowest BCUT2D eigenvalue weighted by molar-refractivity contribution is -0.137. The summed E-state index contributed by atoms with van der Waals surface area (Å²) in [5.74, 6) is 1.58. The average molecular weight is 484 g/mol. The van der Waals surface area contributed by atoms with Crippen molar-refractivity contribution in [3.05, 3.63) is 84.6 Å². The van der Waals surface area contributed by atoms with Crippen LogP contribution in [-0.2, 0) is 17.8 Å². The number of carboxylic acids is 1.